The first-order valence-corrected chi connectivity index (χ1v) is 15.0. The second-order valence-corrected chi connectivity index (χ2v) is 12.3. The van der Waals surface area contributed by atoms with Crippen LogP contribution in [0.25, 0.3) is 5.76 Å². The number of carbonyl (C=O) groups excluding carboxylic acids is 2. The van der Waals surface area contributed by atoms with Crippen LogP contribution in [0.5, 0.6) is 0 Å². The van der Waals surface area contributed by atoms with Crippen molar-refractivity contribution >= 4 is 27.5 Å². The van der Waals surface area contributed by atoms with Crippen molar-refractivity contribution in [3.8, 4) is 0 Å². The molecule has 5 rings (SSSR count). The molecule has 3 saturated heterocycles. The number of sulfonamides is 1. The first-order valence-electron chi connectivity index (χ1n) is 13.5. The first kappa shape index (κ1) is 27.5. The fraction of sp³-hybridized carbons (Fsp3) is 0.448. The van der Waals surface area contributed by atoms with Crippen LogP contribution in [-0.2, 0) is 24.3 Å². The van der Waals surface area contributed by atoms with Crippen LogP contribution in [0.3, 0.4) is 0 Å². The van der Waals surface area contributed by atoms with Crippen molar-refractivity contribution in [2.24, 2.45) is 0 Å². The molecule has 1 amide bonds. The van der Waals surface area contributed by atoms with Gasteiger partial charge < -0.3 is 14.7 Å². The fourth-order valence-electron chi connectivity index (χ4n) is 5.51. The van der Waals surface area contributed by atoms with E-state index in [2.05, 4.69) is 4.90 Å². The van der Waals surface area contributed by atoms with Crippen molar-refractivity contribution in [3.05, 3.63) is 70.8 Å². The molecule has 3 aliphatic rings. The molecule has 2 aromatic rings. The fourth-order valence-corrected chi connectivity index (χ4v) is 7.03. The number of hydrogen-bond acceptors (Lipinski definition) is 7. The summed E-state index contributed by atoms with van der Waals surface area (Å²) < 4.78 is 32.7. The molecule has 0 radical (unpaired) electrons. The maximum atomic E-state index is 13.3. The third-order valence-corrected chi connectivity index (χ3v) is 9.65. The third kappa shape index (κ3) is 5.65. The molecule has 3 heterocycles. The molecular weight excluding hydrogens is 518 g/mol. The lowest BCUT2D eigenvalue weighted by molar-refractivity contribution is -0.140. The Hall–Kier alpha value is -3.05. The Labute approximate surface area is 229 Å². The van der Waals surface area contributed by atoms with Gasteiger partial charge in [-0.2, -0.15) is 4.31 Å². The first-order chi connectivity index (χ1) is 18.8. The van der Waals surface area contributed by atoms with Crippen molar-refractivity contribution in [2.45, 2.75) is 37.1 Å². The van der Waals surface area contributed by atoms with Crippen molar-refractivity contribution in [1.29, 1.82) is 0 Å². The Kier molecular flexibility index (Phi) is 8.18. The summed E-state index contributed by atoms with van der Waals surface area (Å²) >= 11 is 0. The number of ketones is 1. The predicted molar refractivity (Wildman–Crippen MR) is 146 cm³/mol. The number of carbonyl (C=O) groups is 2. The number of aliphatic hydroxyl groups excluding tert-OH is 1. The minimum Gasteiger partial charge on any atom is -0.507 e. The number of aliphatic hydroxyl groups is 1. The molecule has 0 saturated carbocycles. The molecule has 3 fully saturated rings. The number of aryl methyl sites for hydroxylation is 1. The Morgan fingerprint density at radius 1 is 0.923 bits per heavy atom. The number of ether oxygens (including phenoxy) is 1. The normalized spacial score (nSPS) is 22.6. The Morgan fingerprint density at radius 3 is 2.21 bits per heavy atom. The van der Waals surface area contributed by atoms with Crippen molar-refractivity contribution in [1.82, 2.24) is 14.1 Å². The van der Waals surface area contributed by atoms with Gasteiger partial charge in [0.25, 0.3) is 11.7 Å². The van der Waals surface area contributed by atoms with Gasteiger partial charge >= 0.3 is 0 Å². The van der Waals surface area contributed by atoms with Gasteiger partial charge in [-0.15, -0.1) is 0 Å². The number of amides is 1. The van der Waals surface area contributed by atoms with E-state index < -0.39 is 27.8 Å². The van der Waals surface area contributed by atoms with Crippen LogP contribution in [-0.4, -0.2) is 91.8 Å². The monoisotopic (exact) mass is 553 g/mol. The molecule has 0 bridgehead atoms. The number of rotatable bonds is 8. The van der Waals surface area contributed by atoms with Gasteiger partial charge in [-0.25, -0.2) is 8.42 Å². The van der Waals surface area contributed by atoms with Crippen LogP contribution < -0.4 is 0 Å². The maximum absolute atomic E-state index is 13.3. The average Bonchev–Trinajstić information content (AvgIpc) is 3.58. The summed E-state index contributed by atoms with van der Waals surface area (Å²) in [5.74, 6) is -1.68. The van der Waals surface area contributed by atoms with E-state index in [-0.39, 0.29) is 16.2 Å². The summed E-state index contributed by atoms with van der Waals surface area (Å²) in [5.41, 5.74) is 2.09. The molecule has 39 heavy (non-hydrogen) atoms. The van der Waals surface area contributed by atoms with E-state index in [0.717, 1.165) is 43.6 Å². The highest BCUT2D eigenvalue weighted by atomic mass is 32.2. The predicted octanol–water partition coefficient (Wildman–Crippen LogP) is 2.92. The van der Waals surface area contributed by atoms with E-state index in [1.54, 1.807) is 4.90 Å². The van der Waals surface area contributed by atoms with Gasteiger partial charge in [-0.05, 0) is 56.0 Å². The molecule has 1 atom stereocenters. The molecule has 0 spiro atoms. The van der Waals surface area contributed by atoms with Crippen LogP contribution in [0.2, 0.25) is 0 Å². The average molecular weight is 554 g/mol. The minimum absolute atomic E-state index is 0.0189. The number of hydrogen-bond donors (Lipinski definition) is 1. The number of nitrogens with zero attached hydrogens (tertiary/aromatic N) is 3. The number of morpholine rings is 1. The van der Waals surface area contributed by atoms with Gasteiger partial charge in [0.15, 0.2) is 0 Å². The summed E-state index contributed by atoms with van der Waals surface area (Å²) in [6, 6.07) is 12.7. The summed E-state index contributed by atoms with van der Waals surface area (Å²) in [5, 5.41) is 11.3. The number of likely N-dealkylation sites (tertiary alicyclic amines) is 1. The van der Waals surface area contributed by atoms with Crippen molar-refractivity contribution < 1.29 is 27.9 Å². The SMILES string of the molecule is Cc1ccc(C2/C(=C(\O)c3ccc(S(=O)(=O)N4CCCC4)cc3)C(=O)C(=O)N2CCCN2CCOCC2)cc1. The van der Waals surface area contributed by atoms with Crippen molar-refractivity contribution in [2.75, 3.05) is 52.5 Å². The summed E-state index contributed by atoms with van der Waals surface area (Å²) in [4.78, 5) is 30.5. The van der Waals surface area contributed by atoms with E-state index in [9.17, 15) is 23.1 Å². The molecular formula is C29H35N3O6S. The molecule has 10 heteroatoms. The molecule has 3 aliphatic heterocycles. The smallest absolute Gasteiger partial charge is 0.295 e. The van der Waals surface area contributed by atoms with E-state index >= 15 is 0 Å². The molecule has 9 nitrogen and oxygen atoms in total. The van der Waals surface area contributed by atoms with E-state index in [0.29, 0.717) is 44.8 Å². The molecule has 1 unspecified atom stereocenters. The lowest BCUT2D eigenvalue weighted by atomic mass is 9.94. The van der Waals surface area contributed by atoms with Crippen LogP contribution in [0.4, 0.5) is 0 Å². The van der Waals surface area contributed by atoms with Gasteiger partial charge in [-0.3, -0.25) is 14.5 Å². The van der Waals surface area contributed by atoms with Crippen LogP contribution in [0, 0.1) is 6.92 Å². The lowest BCUT2D eigenvalue weighted by Gasteiger charge is -2.29. The summed E-state index contributed by atoms with van der Waals surface area (Å²) in [6.07, 6.45) is 2.35. The number of benzene rings is 2. The van der Waals surface area contributed by atoms with Gasteiger partial charge in [0.1, 0.15) is 5.76 Å². The molecule has 1 N–H and O–H groups in total. The second-order valence-electron chi connectivity index (χ2n) is 10.3. The highest BCUT2D eigenvalue weighted by Gasteiger charge is 2.45. The Bertz CT molecular complexity index is 1340. The zero-order valence-electron chi connectivity index (χ0n) is 22.2. The molecule has 0 aliphatic carbocycles. The zero-order valence-corrected chi connectivity index (χ0v) is 23.0. The second kappa shape index (κ2) is 11.6. The Balaban J connectivity index is 1.45. The van der Waals surface area contributed by atoms with Crippen LogP contribution in [0.15, 0.2) is 59.0 Å². The van der Waals surface area contributed by atoms with Gasteiger partial charge in [0.2, 0.25) is 10.0 Å². The third-order valence-electron chi connectivity index (χ3n) is 7.74. The standard InChI is InChI=1S/C29H35N3O6S/c1-21-5-7-22(8-6-21)26-25(28(34)29(35)32(26)16-4-13-30-17-19-38-20-18-30)27(33)23-9-11-24(12-10-23)39(36,37)31-14-2-3-15-31/h5-12,26,33H,2-4,13-20H2,1H3/b27-25+. The van der Waals surface area contributed by atoms with Gasteiger partial charge in [0, 0.05) is 44.8 Å². The van der Waals surface area contributed by atoms with Crippen LogP contribution in [0.1, 0.15) is 42.0 Å². The summed E-state index contributed by atoms with van der Waals surface area (Å²) in [6.45, 7) is 7.14. The zero-order chi connectivity index (χ0) is 27.6. The van der Waals surface area contributed by atoms with Crippen LogP contribution >= 0.6 is 0 Å². The largest absolute Gasteiger partial charge is 0.507 e. The molecule has 208 valence electrons. The van der Waals surface area contributed by atoms with E-state index in [1.807, 2.05) is 31.2 Å². The summed E-state index contributed by atoms with van der Waals surface area (Å²) in [7, 11) is -3.61. The Morgan fingerprint density at radius 2 is 1.56 bits per heavy atom. The molecule has 0 aromatic heterocycles. The highest BCUT2D eigenvalue weighted by molar-refractivity contribution is 7.89. The maximum Gasteiger partial charge on any atom is 0.295 e. The topological polar surface area (TPSA) is 107 Å². The number of Topliss-reactive ketones (excluding diaryl/α,β-unsaturated/α-hetero) is 1. The van der Waals surface area contributed by atoms with Gasteiger partial charge in [-0.1, -0.05) is 29.8 Å². The lowest BCUT2D eigenvalue weighted by Crippen LogP contribution is -2.38. The van der Waals surface area contributed by atoms with E-state index in [4.69, 9.17) is 4.74 Å². The van der Waals surface area contributed by atoms with Gasteiger partial charge in [0.05, 0.1) is 29.7 Å². The quantitative estimate of drug-likeness (QED) is 0.304. The highest BCUT2D eigenvalue weighted by Crippen LogP contribution is 2.39. The van der Waals surface area contributed by atoms with Crippen molar-refractivity contribution in [3.63, 3.8) is 0 Å². The minimum atomic E-state index is -3.61. The molecule has 2 aromatic carbocycles. The van der Waals surface area contributed by atoms with E-state index in [1.165, 1.54) is 28.6 Å².